The number of hydrogen-bond donors (Lipinski definition) is 1. The molecule has 0 unspecified atom stereocenters. The van der Waals surface area contributed by atoms with Crippen LogP contribution in [-0.4, -0.2) is 23.2 Å². The van der Waals surface area contributed by atoms with Crippen LogP contribution in [0.4, 0.5) is 11.5 Å². The standard InChI is InChI=1S/C21H19BrN4O4/c1-14-4-3-5-15(8-14)13-30-21-18(22)9-16(10-19(21)29-2)11-24-25-20-7-6-17(12-23-20)26(27)28/h3-12H,13H2,1-2H3,(H,23,25)/b24-11+. The molecule has 0 aliphatic carbocycles. The lowest BCUT2D eigenvalue weighted by molar-refractivity contribution is -0.385. The largest absolute Gasteiger partial charge is 0.493 e. The predicted octanol–water partition coefficient (Wildman–Crippen LogP) is 5.09. The first kappa shape index (κ1) is 21.3. The van der Waals surface area contributed by atoms with Gasteiger partial charge in [0.1, 0.15) is 18.6 Å². The Hall–Kier alpha value is -3.46. The van der Waals surface area contributed by atoms with E-state index >= 15 is 0 Å². The van der Waals surface area contributed by atoms with Crippen molar-refractivity contribution in [2.75, 3.05) is 12.5 Å². The van der Waals surface area contributed by atoms with E-state index < -0.39 is 4.92 Å². The van der Waals surface area contributed by atoms with E-state index in [9.17, 15) is 10.1 Å². The Labute approximate surface area is 181 Å². The second-order valence-electron chi connectivity index (χ2n) is 6.34. The third kappa shape index (κ3) is 5.54. The van der Waals surface area contributed by atoms with E-state index in [-0.39, 0.29) is 5.69 Å². The molecule has 0 bridgehead atoms. The first-order chi connectivity index (χ1) is 14.5. The van der Waals surface area contributed by atoms with Gasteiger partial charge in [-0.3, -0.25) is 15.5 Å². The van der Waals surface area contributed by atoms with E-state index in [0.717, 1.165) is 21.8 Å². The quantitative estimate of drug-likeness (QED) is 0.279. The molecule has 0 saturated heterocycles. The van der Waals surface area contributed by atoms with Crippen LogP contribution >= 0.6 is 15.9 Å². The summed E-state index contributed by atoms with van der Waals surface area (Å²) in [5, 5.41) is 14.8. The molecular weight excluding hydrogens is 452 g/mol. The number of nitrogens with one attached hydrogen (secondary N) is 1. The molecule has 3 aromatic rings. The monoisotopic (exact) mass is 470 g/mol. The van der Waals surface area contributed by atoms with Crippen LogP contribution in [0.15, 0.2) is 64.3 Å². The van der Waals surface area contributed by atoms with Crippen molar-refractivity contribution in [3.8, 4) is 11.5 Å². The zero-order valence-electron chi connectivity index (χ0n) is 16.3. The number of nitro groups is 1. The summed E-state index contributed by atoms with van der Waals surface area (Å²) >= 11 is 3.52. The van der Waals surface area contributed by atoms with Gasteiger partial charge in [-0.2, -0.15) is 5.10 Å². The van der Waals surface area contributed by atoms with Crippen molar-refractivity contribution in [1.29, 1.82) is 0 Å². The summed E-state index contributed by atoms with van der Waals surface area (Å²) in [6.45, 7) is 2.45. The minimum atomic E-state index is -0.508. The first-order valence-corrected chi connectivity index (χ1v) is 9.71. The third-order valence-corrected chi connectivity index (χ3v) is 4.66. The molecule has 0 amide bonds. The topological polar surface area (TPSA) is 98.9 Å². The summed E-state index contributed by atoms with van der Waals surface area (Å²) in [7, 11) is 1.57. The Bertz CT molecular complexity index is 1070. The van der Waals surface area contributed by atoms with Gasteiger partial charge >= 0.3 is 0 Å². The summed E-state index contributed by atoms with van der Waals surface area (Å²) in [5.41, 5.74) is 5.64. The van der Waals surface area contributed by atoms with Gasteiger partial charge < -0.3 is 9.47 Å². The highest BCUT2D eigenvalue weighted by molar-refractivity contribution is 9.10. The molecule has 154 valence electrons. The summed E-state index contributed by atoms with van der Waals surface area (Å²) in [5.74, 6) is 1.55. The van der Waals surface area contributed by atoms with E-state index in [0.29, 0.717) is 23.9 Å². The number of ether oxygens (including phenoxy) is 2. The number of hydrazone groups is 1. The maximum Gasteiger partial charge on any atom is 0.287 e. The fraction of sp³-hybridized carbons (Fsp3) is 0.143. The lowest BCUT2D eigenvalue weighted by Crippen LogP contribution is -2.00. The maximum absolute atomic E-state index is 10.7. The fourth-order valence-corrected chi connectivity index (χ4v) is 3.22. The second kappa shape index (κ2) is 9.84. The lowest BCUT2D eigenvalue weighted by atomic mass is 10.1. The fourth-order valence-electron chi connectivity index (χ4n) is 2.64. The van der Waals surface area contributed by atoms with Gasteiger partial charge in [-0.1, -0.05) is 29.8 Å². The minimum Gasteiger partial charge on any atom is -0.493 e. The molecule has 0 fully saturated rings. The number of rotatable bonds is 8. The minimum absolute atomic E-state index is 0.0838. The highest BCUT2D eigenvalue weighted by atomic mass is 79.9. The Morgan fingerprint density at radius 2 is 2.10 bits per heavy atom. The van der Waals surface area contributed by atoms with Crippen LogP contribution in [0.2, 0.25) is 0 Å². The van der Waals surface area contributed by atoms with Crippen LogP contribution in [0.25, 0.3) is 0 Å². The number of pyridine rings is 1. The van der Waals surface area contributed by atoms with Gasteiger partial charge in [-0.05, 0) is 52.2 Å². The van der Waals surface area contributed by atoms with Gasteiger partial charge in [0.25, 0.3) is 5.69 Å². The number of anilines is 1. The van der Waals surface area contributed by atoms with Gasteiger partial charge in [0.2, 0.25) is 0 Å². The Kier molecular flexibility index (Phi) is 6.97. The highest BCUT2D eigenvalue weighted by Gasteiger charge is 2.12. The normalized spacial score (nSPS) is 10.8. The van der Waals surface area contributed by atoms with Crippen molar-refractivity contribution in [1.82, 2.24) is 4.98 Å². The van der Waals surface area contributed by atoms with Crippen molar-refractivity contribution < 1.29 is 14.4 Å². The SMILES string of the molecule is COc1cc(/C=N/Nc2ccc([N+](=O)[O-])cn2)cc(Br)c1OCc1cccc(C)c1. The van der Waals surface area contributed by atoms with E-state index in [1.807, 2.05) is 31.2 Å². The Morgan fingerprint density at radius 3 is 2.77 bits per heavy atom. The molecule has 1 aromatic heterocycles. The van der Waals surface area contributed by atoms with Gasteiger partial charge in [0.15, 0.2) is 11.5 Å². The van der Waals surface area contributed by atoms with Gasteiger partial charge in [0.05, 0.1) is 22.7 Å². The average molecular weight is 471 g/mol. The van der Waals surface area contributed by atoms with Gasteiger partial charge in [-0.15, -0.1) is 0 Å². The molecular formula is C21H19BrN4O4. The summed E-state index contributed by atoms with van der Waals surface area (Å²) in [6.07, 6.45) is 2.75. The van der Waals surface area contributed by atoms with Crippen LogP contribution < -0.4 is 14.9 Å². The summed E-state index contributed by atoms with van der Waals surface area (Å²) < 4.78 is 12.2. The number of aromatic nitrogens is 1. The predicted molar refractivity (Wildman–Crippen MR) is 118 cm³/mol. The number of hydrogen-bond acceptors (Lipinski definition) is 7. The molecule has 0 radical (unpaired) electrons. The smallest absolute Gasteiger partial charge is 0.287 e. The number of methoxy groups -OCH3 is 1. The van der Waals surface area contributed by atoms with Crippen molar-refractivity contribution in [3.05, 3.63) is 86.0 Å². The zero-order valence-corrected chi connectivity index (χ0v) is 17.9. The van der Waals surface area contributed by atoms with E-state index in [1.165, 1.54) is 17.7 Å². The third-order valence-electron chi connectivity index (χ3n) is 4.07. The van der Waals surface area contributed by atoms with Crippen LogP contribution in [-0.2, 0) is 6.61 Å². The van der Waals surface area contributed by atoms with E-state index in [2.05, 4.69) is 37.5 Å². The number of nitrogens with zero attached hydrogens (tertiary/aromatic N) is 3. The molecule has 1 heterocycles. The highest BCUT2D eigenvalue weighted by Crippen LogP contribution is 2.37. The molecule has 0 spiro atoms. The van der Waals surface area contributed by atoms with Crippen molar-refractivity contribution in [2.45, 2.75) is 13.5 Å². The molecule has 2 aromatic carbocycles. The summed E-state index contributed by atoms with van der Waals surface area (Å²) in [4.78, 5) is 14.1. The summed E-state index contributed by atoms with van der Waals surface area (Å²) in [6, 6.07) is 14.6. The molecule has 0 aliphatic heterocycles. The lowest BCUT2D eigenvalue weighted by Gasteiger charge is -2.14. The van der Waals surface area contributed by atoms with Crippen molar-refractivity contribution >= 4 is 33.6 Å². The van der Waals surface area contributed by atoms with Gasteiger partial charge in [-0.25, -0.2) is 4.98 Å². The molecule has 30 heavy (non-hydrogen) atoms. The molecule has 8 nitrogen and oxygen atoms in total. The zero-order chi connectivity index (χ0) is 21.5. The van der Waals surface area contributed by atoms with Crippen LogP contribution in [0.1, 0.15) is 16.7 Å². The van der Waals surface area contributed by atoms with Crippen molar-refractivity contribution in [3.63, 3.8) is 0 Å². The number of benzene rings is 2. The molecule has 0 atom stereocenters. The van der Waals surface area contributed by atoms with Crippen LogP contribution in [0.5, 0.6) is 11.5 Å². The maximum atomic E-state index is 10.7. The molecule has 9 heteroatoms. The van der Waals surface area contributed by atoms with Crippen LogP contribution in [0.3, 0.4) is 0 Å². The van der Waals surface area contributed by atoms with Crippen LogP contribution in [0, 0.1) is 17.0 Å². The molecule has 3 rings (SSSR count). The molecule has 0 saturated carbocycles. The second-order valence-corrected chi connectivity index (χ2v) is 7.19. The Morgan fingerprint density at radius 1 is 1.27 bits per heavy atom. The average Bonchev–Trinajstić information content (AvgIpc) is 2.73. The molecule has 1 N–H and O–H groups in total. The number of halogens is 1. The Balaban J connectivity index is 1.69. The first-order valence-electron chi connectivity index (χ1n) is 8.91. The number of aryl methyl sites for hydroxylation is 1. The molecule has 0 aliphatic rings. The van der Waals surface area contributed by atoms with E-state index in [1.54, 1.807) is 19.4 Å². The van der Waals surface area contributed by atoms with E-state index in [4.69, 9.17) is 9.47 Å². The van der Waals surface area contributed by atoms with Gasteiger partial charge in [0, 0.05) is 6.07 Å². The van der Waals surface area contributed by atoms with Crippen molar-refractivity contribution in [2.24, 2.45) is 5.10 Å².